The molecule has 0 heterocycles. The molecule has 0 aliphatic heterocycles. The van der Waals surface area contributed by atoms with Crippen molar-refractivity contribution in [2.24, 2.45) is 0 Å². The molecule has 26 heavy (non-hydrogen) atoms. The van der Waals surface area contributed by atoms with E-state index in [0.717, 1.165) is 5.56 Å². The number of hydrogen-bond donors (Lipinski definition) is 2. The van der Waals surface area contributed by atoms with E-state index in [0.29, 0.717) is 11.3 Å². The molecule has 8 nitrogen and oxygen atoms in total. The fraction of sp³-hybridized carbons (Fsp3) is 0.222. The number of methoxy groups -OCH3 is 1. The summed E-state index contributed by atoms with van der Waals surface area (Å²) >= 11 is 0. The molecule has 0 fully saturated rings. The molecule has 2 amide bonds. The molecule has 0 aliphatic rings. The summed E-state index contributed by atoms with van der Waals surface area (Å²) in [5.74, 6) is -0.403. The summed E-state index contributed by atoms with van der Waals surface area (Å²) in [5, 5.41) is 16.2. The summed E-state index contributed by atoms with van der Waals surface area (Å²) in [7, 11) is 1.40. The second-order valence-electron chi connectivity index (χ2n) is 5.56. The van der Waals surface area contributed by atoms with Crippen LogP contribution in [0.5, 0.6) is 5.75 Å². The molecule has 2 N–H and O–H groups in total. The Bertz CT molecular complexity index is 835. The van der Waals surface area contributed by atoms with Crippen LogP contribution in [0.15, 0.2) is 42.5 Å². The number of amides is 2. The van der Waals surface area contributed by atoms with E-state index in [1.807, 2.05) is 13.0 Å². The zero-order valence-corrected chi connectivity index (χ0v) is 14.4. The van der Waals surface area contributed by atoms with Crippen LogP contribution in [0.1, 0.15) is 22.3 Å². The van der Waals surface area contributed by atoms with E-state index in [1.54, 1.807) is 18.2 Å². The number of ether oxygens (including phenoxy) is 1. The Morgan fingerprint density at radius 2 is 1.96 bits per heavy atom. The lowest BCUT2D eigenvalue weighted by molar-refractivity contribution is -0.384. The number of aryl methyl sites for hydroxylation is 1. The number of nitro groups is 1. The van der Waals surface area contributed by atoms with Crippen LogP contribution in [0, 0.1) is 17.0 Å². The zero-order valence-electron chi connectivity index (χ0n) is 14.4. The van der Waals surface area contributed by atoms with Crippen molar-refractivity contribution in [2.45, 2.75) is 13.3 Å². The summed E-state index contributed by atoms with van der Waals surface area (Å²) in [6.45, 7) is 1.99. The first-order valence-electron chi connectivity index (χ1n) is 7.88. The smallest absolute Gasteiger partial charge is 0.296 e. The molecule has 8 heteroatoms. The molecule has 0 saturated heterocycles. The summed E-state index contributed by atoms with van der Waals surface area (Å²) < 4.78 is 4.94. The van der Waals surface area contributed by atoms with Crippen molar-refractivity contribution in [3.8, 4) is 5.75 Å². The minimum Gasteiger partial charge on any atom is -0.496 e. The maximum absolute atomic E-state index is 12.0. The fourth-order valence-corrected chi connectivity index (χ4v) is 2.29. The molecule has 136 valence electrons. The second kappa shape index (κ2) is 8.61. The maximum Gasteiger partial charge on any atom is 0.296 e. The molecule has 0 unspecified atom stereocenters. The minimum absolute atomic E-state index is 0.0132. The van der Waals surface area contributed by atoms with Crippen molar-refractivity contribution in [3.05, 3.63) is 63.7 Å². The molecule has 0 aliphatic carbocycles. The van der Waals surface area contributed by atoms with Gasteiger partial charge in [0.2, 0.25) is 5.91 Å². The quantitative estimate of drug-likeness (QED) is 0.585. The van der Waals surface area contributed by atoms with Crippen LogP contribution in [0.3, 0.4) is 0 Å². The van der Waals surface area contributed by atoms with E-state index in [1.165, 1.54) is 25.3 Å². The number of nitrogens with one attached hydrogen (secondary N) is 2. The molecule has 0 radical (unpaired) electrons. The van der Waals surface area contributed by atoms with E-state index in [9.17, 15) is 19.7 Å². The van der Waals surface area contributed by atoms with Gasteiger partial charge in [-0.3, -0.25) is 19.7 Å². The van der Waals surface area contributed by atoms with Crippen LogP contribution >= 0.6 is 0 Å². The van der Waals surface area contributed by atoms with Gasteiger partial charge in [0.15, 0.2) is 0 Å². The normalized spacial score (nSPS) is 10.1. The highest BCUT2D eigenvalue weighted by Crippen LogP contribution is 2.28. The van der Waals surface area contributed by atoms with Gasteiger partial charge in [0, 0.05) is 18.5 Å². The molecular formula is C18H19N3O5. The summed E-state index contributed by atoms with van der Waals surface area (Å²) in [6.07, 6.45) is -0.0132. The van der Waals surface area contributed by atoms with Crippen LogP contribution in [0.2, 0.25) is 0 Å². The number of benzene rings is 2. The molecule has 0 bridgehead atoms. The predicted octanol–water partition coefficient (Wildman–Crippen LogP) is 2.67. The lowest BCUT2D eigenvalue weighted by atomic mass is 10.1. The number of hydrogen-bond acceptors (Lipinski definition) is 5. The molecule has 2 aromatic rings. The van der Waals surface area contributed by atoms with E-state index in [-0.39, 0.29) is 30.2 Å². The van der Waals surface area contributed by atoms with E-state index in [4.69, 9.17) is 4.74 Å². The molecular weight excluding hydrogens is 338 g/mol. The standard InChI is InChI=1S/C18H19N3O5/c1-12-4-3-5-13(10-12)18(23)19-9-8-17(22)20-15-7-6-14(26-2)11-16(15)21(24)25/h3-7,10-11H,8-9H2,1-2H3,(H,19,23)(H,20,22). The Morgan fingerprint density at radius 1 is 1.19 bits per heavy atom. The van der Waals surface area contributed by atoms with Crippen molar-refractivity contribution >= 4 is 23.2 Å². The molecule has 0 atom stereocenters. The van der Waals surface area contributed by atoms with Gasteiger partial charge in [-0.05, 0) is 31.2 Å². The third-order valence-electron chi connectivity index (χ3n) is 3.59. The van der Waals surface area contributed by atoms with Crippen molar-refractivity contribution < 1.29 is 19.2 Å². The highest BCUT2D eigenvalue weighted by atomic mass is 16.6. The van der Waals surface area contributed by atoms with Gasteiger partial charge in [0.25, 0.3) is 11.6 Å². The Balaban J connectivity index is 1.91. The Kier molecular flexibility index (Phi) is 6.26. The Morgan fingerprint density at radius 3 is 2.62 bits per heavy atom. The number of carbonyl (C=O) groups excluding carboxylic acids is 2. The highest BCUT2D eigenvalue weighted by molar-refractivity contribution is 5.96. The van der Waals surface area contributed by atoms with Crippen molar-refractivity contribution in [3.63, 3.8) is 0 Å². The third-order valence-corrected chi connectivity index (χ3v) is 3.59. The molecule has 0 aromatic heterocycles. The lowest BCUT2D eigenvalue weighted by Crippen LogP contribution is -2.27. The average Bonchev–Trinajstić information content (AvgIpc) is 2.61. The van der Waals surface area contributed by atoms with Gasteiger partial charge < -0.3 is 15.4 Å². The van der Waals surface area contributed by atoms with E-state index >= 15 is 0 Å². The Labute approximate surface area is 150 Å². The SMILES string of the molecule is COc1ccc(NC(=O)CCNC(=O)c2cccc(C)c2)c([N+](=O)[O-])c1. The van der Waals surface area contributed by atoms with E-state index < -0.39 is 10.8 Å². The third kappa shape index (κ3) is 5.04. The number of rotatable bonds is 7. The fourth-order valence-electron chi connectivity index (χ4n) is 2.29. The van der Waals surface area contributed by atoms with Gasteiger partial charge in [-0.1, -0.05) is 17.7 Å². The molecule has 2 rings (SSSR count). The van der Waals surface area contributed by atoms with Crippen molar-refractivity contribution in [2.75, 3.05) is 19.0 Å². The summed E-state index contributed by atoms with van der Waals surface area (Å²) in [4.78, 5) is 34.5. The number of nitrogens with zero attached hydrogens (tertiary/aromatic N) is 1. The molecule has 0 spiro atoms. The number of anilines is 1. The Hall–Kier alpha value is -3.42. The van der Waals surface area contributed by atoms with Gasteiger partial charge in [-0.25, -0.2) is 0 Å². The van der Waals surface area contributed by atoms with Gasteiger partial charge in [0.05, 0.1) is 18.1 Å². The van der Waals surface area contributed by atoms with Crippen molar-refractivity contribution in [1.29, 1.82) is 0 Å². The van der Waals surface area contributed by atoms with Crippen LogP contribution in [-0.2, 0) is 4.79 Å². The van der Waals surface area contributed by atoms with Gasteiger partial charge in [0.1, 0.15) is 11.4 Å². The lowest BCUT2D eigenvalue weighted by Gasteiger charge is -2.08. The van der Waals surface area contributed by atoms with Crippen LogP contribution in [-0.4, -0.2) is 30.4 Å². The zero-order chi connectivity index (χ0) is 19.1. The number of carbonyl (C=O) groups is 2. The van der Waals surface area contributed by atoms with Gasteiger partial charge >= 0.3 is 0 Å². The van der Waals surface area contributed by atoms with Crippen LogP contribution in [0.25, 0.3) is 0 Å². The first kappa shape index (κ1) is 18.9. The first-order chi connectivity index (χ1) is 12.4. The maximum atomic E-state index is 12.0. The second-order valence-corrected chi connectivity index (χ2v) is 5.56. The van der Waals surface area contributed by atoms with Crippen LogP contribution < -0.4 is 15.4 Å². The van der Waals surface area contributed by atoms with E-state index in [2.05, 4.69) is 10.6 Å². The summed E-state index contributed by atoms with van der Waals surface area (Å²) in [5.41, 5.74) is 1.28. The first-order valence-corrected chi connectivity index (χ1v) is 7.88. The largest absolute Gasteiger partial charge is 0.496 e. The topological polar surface area (TPSA) is 111 Å². The van der Waals surface area contributed by atoms with Crippen molar-refractivity contribution in [1.82, 2.24) is 5.32 Å². The average molecular weight is 357 g/mol. The van der Waals surface area contributed by atoms with Gasteiger partial charge in [-0.2, -0.15) is 0 Å². The minimum atomic E-state index is -0.600. The predicted molar refractivity (Wildman–Crippen MR) is 96.4 cm³/mol. The molecule has 2 aromatic carbocycles. The highest BCUT2D eigenvalue weighted by Gasteiger charge is 2.17. The molecule has 0 saturated carbocycles. The summed E-state index contributed by atoms with van der Waals surface area (Å²) in [6, 6.07) is 11.2. The van der Waals surface area contributed by atoms with Gasteiger partial charge in [-0.15, -0.1) is 0 Å². The van der Waals surface area contributed by atoms with Crippen LogP contribution in [0.4, 0.5) is 11.4 Å². The monoisotopic (exact) mass is 357 g/mol. The number of nitro benzene ring substituents is 1.